The molecular formula is C74H100ClF2N7O16. The first-order chi connectivity index (χ1) is 47.7. The maximum Gasteiger partial charge on any atom is 0.329 e. The number of piperidine rings is 1. The standard InChI is InChI=1S/C74H100ClF2N7O16/c1-9-61(90)80-29-31-83(32-30-80)71-50-39-51(75)64(65-52(76)16-13-18-55(65)87)66(77)67(50)78-60(79-71)19-14-21-63(92)82-27-25-81(26-28-82)62(91)20-12-15-48-34-42(2)33-43(3)35-58(97-7)69-59(98-8)37-45(5)74(96,100-69)70(93)72(94)84-24-11-10-17-53(84)73(95)99-68(46(6)56(88)40-57(48)89)44(4)36-47-22-23-54(86)49(38-47)41-85/h9,13,16,18,34,36,39,43,45-49,53-54,56,58-59,68-69,85-88,96H,1,10-12,14-15,17,19-33,35,37-38,40-41H2,2-8H3/b42-34+,44-36+/t43-,45+,46+,47-,48+,49-,53-,54+,56-,58-,59-,68+,69+,74+/m0/s1. The number of hydrogen-bond donors (Lipinski definition) is 5. The van der Waals surface area contributed by atoms with Crippen molar-refractivity contribution in [3.8, 4) is 16.9 Å². The average Bonchev–Trinajstić information content (AvgIpc) is 0.761. The van der Waals surface area contributed by atoms with E-state index in [4.69, 9.17) is 35.5 Å². The molecule has 0 radical (unpaired) electrons. The molecule has 2 aromatic carbocycles. The van der Waals surface area contributed by atoms with Crippen LogP contribution < -0.4 is 4.90 Å². The van der Waals surface area contributed by atoms with E-state index >= 15 is 8.78 Å². The number of Topliss-reactive ketones (excluding diaryl/α,β-unsaturated/α-hetero) is 2. The van der Waals surface area contributed by atoms with E-state index in [1.807, 2.05) is 30.9 Å². The number of anilines is 1. The van der Waals surface area contributed by atoms with Gasteiger partial charge in [-0.2, -0.15) is 0 Å². The summed E-state index contributed by atoms with van der Waals surface area (Å²) in [6.45, 7) is 14.6. The molecular weight excluding hydrogens is 1320 g/mol. The molecule has 0 spiro atoms. The first-order valence-electron chi connectivity index (χ1n) is 35.5. The third kappa shape index (κ3) is 17.8. The Labute approximate surface area is 588 Å². The predicted octanol–water partition coefficient (Wildman–Crippen LogP) is 7.60. The van der Waals surface area contributed by atoms with Gasteiger partial charge in [-0.05, 0) is 133 Å². The number of carbonyl (C=O) groups excluding carboxylic acids is 7. The zero-order chi connectivity index (χ0) is 72.4. The van der Waals surface area contributed by atoms with Crippen molar-refractivity contribution in [1.29, 1.82) is 0 Å². The molecule has 4 saturated heterocycles. The van der Waals surface area contributed by atoms with E-state index < -0.39 is 107 Å². The number of phenolic OH excluding ortho intramolecular Hbond substituents is 1. The molecule has 6 heterocycles. The van der Waals surface area contributed by atoms with Crippen molar-refractivity contribution in [1.82, 2.24) is 29.6 Å². The van der Waals surface area contributed by atoms with E-state index in [0.29, 0.717) is 88.9 Å². The summed E-state index contributed by atoms with van der Waals surface area (Å²) < 4.78 is 56.7. The number of esters is 1. The molecule has 5 N–H and O–H groups in total. The number of benzene rings is 2. The Kier molecular flexibility index (Phi) is 26.6. The minimum Gasteiger partial charge on any atom is -0.507 e. The number of fused-ring (bicyclic) bond motifs is 4. The van der Waals surface area contributed by atoms with Crippen LogP contribution in [0.25, 0.3) is 22.0 Å². The van der Waals surface area contributed by atoms with Crippen LogP contribution in [0.2, 0.25) is 5.02 Å². The summed E-state index contributed by atoms with van der Waals surface area (Å²) in [4.78, 5) is 116. The summed E-state index contributed by atoms with van der Waals surface area (Å²) in [5.41, 5.74) is 0.416. The molecule has 548 valence electrons. The number of piperazine rings is 2. The van der Waals surface area contributed by atoms with Crippen molar-refractivity contribution in [3.63, 3.8) is 0 Å². The van der Waals surface area contributed by atoms with Gasteiger partial charge in [-0.3, -0.25) is 28.8 Å². The van der Waals surface area contributed by atoms with Crippen LogP contribution >= 0.6 is 11.6 Å². The number of rotatable bonds is 16. The molecule has 5 fully saturated rings. The number of aliphatic hydroxyl groups excluding tert-OH is 3. The van der Waals surface area contributed by atoms with Gasteiger partial charge in [-0.1, -0.05) is 62.7 Å². The number of aliphatic hydroxyl groups is 4. The zero-order valence-electron chi connectivity index (χ0n) is 58.6. The average molecular weight is 1420 g/mol. The molecule has 5 aliphatic heterocycles. The molecule has 1 aliphatic carbocycles. The van der Waals surface area contributed by atoms with Crippen molar-refractivity contribution >= 4 is 69.5 Å². The monoisotopic (exact) mass is 1420 g/mol. The fraction of sp³-hybridized carbons (Fsp3) is 0.635. The molecule has 9 rings (SSSR count). The number of aryl methyl sites for hydroxylation is 1. The maximum absolute atomic E-state index is 16.8. The van der Waals surface area contributed by atoms with Gasteiger partial charge in [0.25, 0.3) is 11.7 Å². The Hall–Kier alpha value is -6.84. The van der Waals surface area contributed by atoms with Gasteiger partial charge >= 0.3 is 5.97 Å². The van der Waals surface area contributed by atoms with E-state index in [0.717, 1.165) is 16.5 Å². The number of ketones is 2. The molecule has 1 saturated carbocycles. The van der Waals surface area contributed by atoms with E-state index in [1.165, 1.54) is 38.5 Å². The number of aromatic hydroxyl groups is 1. The maximum atomic E-state index is 16.8. The normalized spacial score (nSPS) is 30.3. The van der Waals surface area contributed by atoms with Gasteiger partial charge < -0.3 is 69.0 Å². The van der Waals surface area contributed by atoms with E-state index in [-0.39, 0.29) is 159 Å². The van der Waals surface area contributed by atoms with E-state index in [9.17, 15) is 59.1 Å². The molecule has 23 nitrogen and oxygen atoms in total. The van der Waals surface area contributed by atoms with Gasteiger partial charge in [0.05, 0.1) is 35.0 Å². The molecule has 1 aromatic heterocycles. The minimum absolute atomic E-state index is 0.00837. The summed E-state index contributed by atoms with van der Waals surface area (Å²) >= 11 is 6.67. The number of methoxy groups -OCH3 is 2. The van der Waals surface area contributed by atoms with Crippen molar-refractivity contribution in [3.05, 3.63) is 82.7 Å². The van der Waals surface area contributed by atoms with E-state index in [2.05, 4.69) is 11.6 Å². The van der Waals surface area contributed by atoms with Crippen LogP contribution in [-0.4, -0.2) is 224 Å². The quantitative estimate of drug-likeness (QED) is 0.0399. The lowest BCUT2D eigenvalue weighted by atomic mass is 9.78. The van der Waals surface area contributed by atoms with Crippen molar-refractivity contribution in [2.45, 2.75) is 186 Å². The highest BCUT2D eigenvalue weighted by molar-refractivity contribution is 6.39. The van der Waals surface area contributed by atoms with Gasteiger partial charge in [0.2, 0.25) is 23.5 Å². The lowest BCUT2D eigenvalue weighted by Crippen LogP contribution is -2.64. The summed E-state index contributed by atoms with van der Waals surface area (Å²) in [6.07, 6.45) is 3.62. The number of ether oxygens (including phenoxy) is 4. The Morgan fingerprint density at radius 1 is 0.830 bits per heavy atom. The summed E-state index contributed by atoms with van der Waals surface area (Å²) in [5, 5.41) is 56.0. The van der Waals surface area contributed by atoms with Crippen molar-refractivity contribution in [2.75, 3.05) is 84.6 Å². The number of amides is 4. The topological polar surface area (TPSA) is 300 Å². The number of hydrogen-bond acceptors (Lipinski definition) is 19. The Morgan fingerprint density at radius 3 is 2.14 bits per heavy atom. The summed E-state index contributed by atoms with van der Waals surface area (Å²) in [6, 6.07) is 3.77. The van der Waals surface area contributed by atoms with Crippen molar-refractivity contribution in [2.24, 2.45) is 35.5 Å². The van der Waals surface area contributed by atoms with E-state index in [1.54, 1.807) is 35.5 Å². The SMILES string of the molecule is C=CC(=O)N1CCN(c2nc(CCCC(=O)N3CCN(C(=O)CCC[C@@H]4/C=C(\C)C[C@H](C)C[C@H](OC)[C@H]5O[C@@](O)(C(=O)C(=O)N6CCCC[C@H]6C(=O)O[C@H](/C(C)=C/[C@@H]6CC[C@@H](O)[C@H](CO)C6)[C@H](C)[C@@H](O)CC4=O)[C@H](C)C[C@@H]5OC)CC3)nc3c(F)c(-c4c(O)cccc4F)c(Cl)cc23)CC1. The van der Waals surface area contributed by atoms with Gasteiger partial charge in [0.1, 0.15) is 52.8 Å². The number of carbonyl (C=O) groups is 7. The smallest absolute Gasteiger partial charge is 0.329 e. The summed E-state index contributed by atoms with van der Waals surface area (Å²) in [7, 11) is 2.98. The highest BCUT2D eigenvalue weighted by Gasteiger charge is 2.57. The highest BCUT2D eigenvalue weighted by Crippen LogP contribution is 2.44. The lowest BCUT2D eigenvalue weighted by molar-refractivity contribution is -0.302. The van der Waals surface area contributed by atoms with Gasteiger partial charge in [0, 0.05) is 140 Å². The number of allylic oxidation sites excluding steroid dienone is 3. The lowest BCUT2D eigenvalue weighted by Gasteiger charge is -2.47. The number of halogens is 3. The molecule has 2 bridgehead atoms. The fourth-order valence-electron chi connectivity index (χ4n) is 15.6. The molecule has 0 unspecified atom stereocenters. The first-order valence-corrected chi connectivity index (χ1v) is 35.8. The van der Waals surface area contributed by atoms with Gasteiger partial charge in [-0.25, -0.2) is 23.5 Å². The molecule has 3 aromatic rings. The van der Waals surface area contributed by atoms with Gasteiger partial charge in [0.15, 0.2) is 5.82 Å². The van der Waals surface area contributed by atoms with Crippen LogP contribution in [0.5, 0.6) is 5.75 Å². The van der Waals surface area contributed by atoms with Crippen LogP contribution in [0.15, 0.2) is 60.2 Å². The fourth-order valence-corrected chi connectivity index (χ4v) is 15.9. The Bertz CT molecular complexity index is 3520. The van der Waals surface area contributed by atoms with Crippen LogP contribution in [-0.2, 0) is 58.9 Å². The zero-order valence-corrected chi connectivity index (χ0v) is 59.4. The molecule has 6 aliphatic rings. The number of phenols is 1. The second-order valence-corrected chi connectivity index (χ2v) is 28.9. The third-order valence-corrected chi connectivity index (χ3v) is 21.8. The van der Waals surface area contributed by atoms with Crippen LogP contribution in [0.4, 0.5) is 14.6 Å². The predicted molar refractivity (Wildman–Crippen MR) is 368 cm³/mol. The molecule has 4 amide bonds. The number of cyclic esters (lactones) is 1. The van der Waals surface area contributed by atoms with Gasteiger partial charge in [-0.15, -0.1) is 0 Å². The van der Waals surface area contributed by atoms with Crippen LogP contribution in [0.1, 0.15) is 137 Å². The largest absolute Gasteiger partial charge is 0.507 e. The van der Waals surface area contributed by atoms with Crippen LogP contribution in [0.3, 0.4) is 0 Å². The Balaban J connectivity index is 0.887. The van der Waals surface area contributed by atoms with Crippen molar-refractivity contribution < 1.29 is 86.8 Å². The highest BCUT2D eigenvalue weighted by atomic mass is 35.5. The molecule has 14 atom stereocenters. The third-order valence-electron chi connectivity index (χ3n) is 21.5. The summed E-state index contributed by atoms with van der Waals surface area (Å²) in [5.74, 6) is -11.8. The number of aromatic nitrogens is 2. The van der Waals surface area contributed by atoms with Crippen LogP contribution in [0, 0.1) is 47.1 Å². The molecule has 100 heavy (non-hydrogen) atoms. The minimum atomic E-state index is -2.61. The second-order valence-electron chi connectivity index (χ2n) is 28.5. The Morgan fingerprint density at radius 2 is 1.49 bits per heavy atom. The first kappa shape index (κ1) is 77.3. The second kappa shape index (κ2) is 34.4. The number of nitrogens with zero attached hydrogens (tertiary/aromatic N) is 7. The molecule has 26 heteroatoms.